The first-order chi connectivity index (χ1) is 11.2. The molecule has 2 heteroatoms. The fraction of sp³-hybridized carbons (Fsp3) is 1.00. The zero-order chi connectivity index (χ0) is 17.2. The first kappa shape index (κ1) is 26.9. The van der Waals surface area contributed by atoms with Crippen molar-refractivity contribution in [2.24, 2.45) is 0 Å². The van der Waals surface area contributed by atoms with Gasteiger partial charge in [-0.2, -0.15) is 0 Å². The van der Waals surface area contributed by atoms with Crippen LogP contribution < -0.4 is 24.0 Å². The number of hydrogen-bond acceptors (Lipinski definition) is 0. The number of hydrogen-bond donors (Lipinski definition) is 0. The van der Waals surface area contributed by atoms with Crippen molar-refractivity contribution in [3.05, 3.63) is 0 Å². The van der Waals surface area contributed by atoms with Gasteiger partial charge in [-0.05, 0) is 32.1 Å². The van der Waals surface area contributed by atoms with E-state index in [2.05, 4.69) is 27.7 Å². The molecule has 0 aromatic carbocycles. The average molecular weight is 454 g/mol. The van der Waals surface area contributed by atoms with Crippen LogP contribution in [0.2, 0.25) is 0 Å². The first-order valence-electron chi connectivity index (χ1n) is 11.1. The largest absolute Gasteiger partial charge is 1.00 e. The summed E-state index contributed by atoms with van der Waals surface area (Å²) in [5.74, 6) is 0. The summed E-state index contributed by atoms with van der Waals surface area (Å²) in [4.78, 5) is 0. The van der Waals surface area contributed by atoms with Crippen molar-refractivity contribution >= 4 is 0 Å². The van der Waals surface area contributed by atoms with Gasteiger partial charge in [-0.1, -0.05) is 85.5 Å². The van der Waals surface area contributed by atoms with Crippen LogP contribution in [-0.2, 0) is 0 Å². The summed E-state index contributed by atoms with van der Waals surface area (Å²) in [6.45, 7) is 15.1. The quantitative estimate of drug-likeness (QED) is 0.165. The van der Waals surface area contributed by atoms with Crippen molar-refractivity contribution in [3.63, 3.8) is 0 Å². The normalized spacial score (nSPS) is 11.5. The predicted octanol–water partition coefficient (Wildman–Crippen LogP) is 4.35. The van der Waals surface area contributed by atoms with E-state index in [1.807, 2.05) is 0 Å². The van der Waals surface area contributed by atoms with Crippen LogP contribution in [-0.4, -0.2) is 30.7 Å². The highest BCUT2D eigenvalue weighted by Crippen LogP contribution is 2.18. The van der Waals surface area contributed by atoms with Crippen LogP contribution in [0.1, 0.15) is 118 Å². The van der Waals surface area contributed by atoms with Crippen LogP contribution in [0.3, 0.4) is 0 Å². The van der Waals surface area contributed by atoms with Gasteiger partial charge in [0.25, 0.3) is 0 Å². The Bertz CT molecular complexity index is 208. The molecule has 1 nitrogen and oxygen atoms in total. The summed E-state index contributed by atoms with van der Waals surface area (Å²) in [7, 11) is 0. The lowest BCUT2D eigenvalue weighted by Crippen LogP contribution is -3.00. The van der Waals surface area contributed by atoms with E-state index >= 15 is 0 Å². The van der Waals surface area contributed by atoms with E-state index in [9.17, 15) is 0 Å². The SMILES string of the molecule is CCCCCCCCCC[N+](CCCC)(CCCC)CCCC.[I-]. The molecule has 0 heterocycles. The molecular weight excluding hydrogens is 405 g/mol. The molecule has 0 N–H and O–H groups in total. The van der Waals surface area contributed by atoms with Gasteiger partial charge in [0.2, 0.25) is 0 Å². The minimum Gasteiger partial charge on any atom is -1.00 e. The maximum atomic E-state index is 2.35. The van der Waals surface area contributed by atoms with Gasteiger partial charge >= 0.3 is 0 Å². The molecule has 0 saturated heterocycles. The van der Waals surface area contributed by atoms with Crippen molar-refractivity contribution < 1.29 is 28.5 Å². The standard InChI is InChI=1S/C22H48N.HI/c1-5-9-13-14-15-16-17-18-22-23(19-10-6-2,20-11-7-3)21-12-8-4;/h5-22H2,1-4H3;1H/q+1;/p-1. The van der Waals surface area contributed by atoms with Gasteiger partial charge in [0, 0.05) is 0 Å². The van der Waals surface area contributed by atoms with Crippen molar-refractivity contribution in [2.45, 2.75) is 118 Å². The Hall–Kier alpha value is 0.690. The van der Waals surface area contributed by atoms with Crippen LogP contribution in [0.4, 0.5) is 0 Å². The molecule has 0 fully saturated rings. The maximum absolute atomic E-state index is 2.35. The molecule has 0 amide bonds. The molecule has 0 aliphatic heterocycles. The minimum atomic E-state index is 0. The van der Waals surface area contributed by atoms with E-state index in [4.69, 9.17) is 0 Å². The number of rotatable bonds is 18. The molecule has 0 radical (unpaired) electrons. The van der Waals surface area contributed by atoms with Crippen LogP contribution in [0, 0.1) is 0 Å². The van der Waals surface area contributed by atoms with Crippen molar-refractivity contribution in [1.82, 2.24) is 0 Å². The number of nitrogens with zero attached hydrogens (tertiary/aromatic N) is 1. The van der Waals surface area contributed by atoms with Crippen LogP contribution in [0.25, 0.3) is 0 Å². The molecular formula is C22H48IN. The highest BCUT2D eigenvalue weighted by Gasteiger charge is 2.24. The second-order valence-electron chi connectivity index (χ2n) is 7.77. The summed E-state index contributed by atoms with van der Waals surface area (Å²) in [6, 6.07) is 0. The van der Waals surface area contributed by atoms with Gasteiger partial charge in [0.05, 0.1) is 26.2 Å². The number of halogens is 1. The molecule has 0 aliphatic carbocycles. The van der Waals surface area contributed by atoms with Crippen molar-refractivity contribution in [2.75, 3.05) is 26.2 Å². The van der Waals surface area contributed by atoms with Gasteiger partial charge in [-0.15, -0.1) is 0 Å². The third-order valence-electron chi connectivity index (χ3n) is 5.44. The molecule has 0 rings (SSSR count). The van der Waals surface area contributed by atoms with E-state index in [-0.39, 0.29) is 24.0 Å². The third-order valence-corrected chi connectivity index (χ3v) is 5.44. The monoisotopic (exact) mass is 453 g/mol. The second-order valence-corrected chi connectivity index (χ2v) is 7.77. The lowest BCUT2D eigenvalue weighted by molar-refractivity contribution is -0.929. The maximum Gasteiger partial charge on any atom is 0.0786 e. The molecule has 0 aromatic rings. The molecule has 0 atom stereocenters. The zero-order valence-corrected chi connectivity index (χ0v) is 19.7. The van der Waals surface area contributed by atoms with E-state index in [1.165, 1.54) is 121 Å². The summed E-state index contributed by atoms with van der Waals surface area (Å²) in [5.41, 5.74) is 0. The fourth-order valence-corrected chi connectivity index (χ4v) is 3.73. The van der Waals surface area contributed by atoms with E-state index < -0.39 is 0 Å². The summed E-state index contributed by atoms with van der Waals surface area (Å²) < 4.78 is 1.44. The van der Waals surface area contributed by atoms with Gasteiger partial charge in [0.15, 0.2) is 0 Å². The molecule has 0 bridgehead atoms. The summed E-state index contributed by atoms with van der Waals surface area (Å²) in [6.07, 6.45) is 19.9. The minimum absolute atomic E-state index is 0. The Morgan fingerprint density at radius 1 is 0.375 bits per heavy atom. The highest BCUT2D eigenvalue weighted by molar-refractivity contribution is 4.51. The Morgan fingerprint density at radius 3 is 1.04 bits per heavy atom. The summed E-state index contributed by atoms with van der Waals surface area (Å²) >= 11 is 0. The molecule has 0 unspecified atom stereocenters. The zero-order valence-electron chi connectivity index (χ0n) is 17.6. The number of unbranched alkanes of at least 4 members (excludes halogenated alkanes) is 10. The van der Waals surface area contributed by atoms with Crippen molar-refractivity contribution in [3.8, 4) is 0 Å². The van der Waals surface area contributed by atoms with Crippen LogP contribution in [0.15, 0.2) is 0 Å². The fourth-order valence-electron chi connectivity index (χ4n) is 3.73. The molecule has 0 aromatic heterocycles. The van der Waals surface area contributed by atoms with Crippen LogP contribution >= 0.6 is 0 Å². The molecule has 0 spiro atoms. The first-order valence-corrected chi connectivity index (χ1v) is 11.1. The lowest BCUT2D eigenvalue weighted by atomic mass is 10.1. The van der Waals surface area contributed by atoms with Crippen LogP contribution in [0.5, 0.6) is 0 Å². The Morgan fingerprint density at radius 2 is 0.667 bits per heavy atom. The predicted molar refractivity (Wildman–Crippen MR) is 107 cm³/mol. The smallest absolute Gasteiger partial charge is 0.0786 e. The highest BCUT2D eigenvalue weighted by atomic mass is 127. The third kappa shape index (κ3) is 15.0. The second kappa shape index (κ2) is 20.0. The molecule has 0 aliphatic rings. The van der Waals surface area contributed by atoms with Gasteiger partial charge in [-0.25, -0.2) is 0 Å². The number of quaternary nitrogens is 1. The summed E-state index contributed by atoms with van der Waals surface area (Å²) in [5, 5.41) is 0. The molecule has 24 heavy (non-hydrogen) atoms. The van der Waals surface area contributed by atoms with E-state index in [0.717, 1.165) is 0 Å². The lowest BCUT2D eigenvalue weighted by Gasteiger charge is -2.39. The van der Waals surface area contributed by atoms with Gasteiger partial charge < -0.3 is 28.5 Å². The Labute approximate surface area is 172 Å². The molecule has 148 valence electrons. The Kier molecular flexibility index (Phi) is 22.4. The Balaban J connectivity index is 0. The average Bonchev–Trinajstić information content (AvgIpc) is 2.58. The molecule has 0 saturated carbocycles. The van der Waals surface area contributed by atoms with E-state index in [0.29, 0.717) is 0 Å². The topological polar surface area (TPSA) is 0 Å². The van der Waals surface area contributed by atoms with Crippen molar-refractivity contribution in [1.29, 1.82) is 0 Å². The van der Waals surface area contributed by atoms with E-state index in [1.54, 1.807) is 0 Å². The van der Waals surface area contributed by atoms with Gasteiger partial charge in [0.1, 0.15) is 0 Å². The van der Waals surface area contributed by atoms with Gasteiger partial charge in [-0.3, -0.25) is 0 Å².